The Hall–Kier alpha value is -4.57. The Kier molecular flexibility index (Phi) is 6.18. The van der Waals surface area contributed by atoms with Crippen LogP contribution in [0.3, 0.4) is 0 Å². The molecule has 0 bridgehead atoms. The minimum atomic E-state index is -0.263. The van der Waals surface area contributed by atoms with Crippen molar-refractivity contribution in [2.75, 3.05) is 6.61 Å². The molecule has 0 fully saturated rings. The highest BCUT2D eigenvalue weighted by Gasteiger charge is 2.17. The first-order chi connectivity index (χ1) is 17.1. The zero-order valence-corrected chi connectivity index (χ0v) is 19.2. The van der Waals surface area contributed by atoms with Crippen LogP contribution < -0.4 is 10.3 Å². The molecular formula is C24H18ClN7O3. The average Bonchev–Trinajstić information content (AvgIpc) is 3.51. The Morgan fingerprint density at radius 3 is 2.74 bits per heavy atom. The minimum absolute atomic E-state index is 0.225. The van der Waals surface area contributed by atoms with Crippen LogP contribution in [-0.4, -0.2) is 41.5 Å². The molecule has 4 heterocycles. The second-order valence-electron chi connectivity index (χ2n) is 7.20. The van der Waals surface area contributed by atoms with E-state index in [1.807, 2.05) is 37.3 Å². The third-order valence-corrected chi connectivity index (χ3v) is 5.22. The van der Waals surface area contributed by atoms with Crippen LogP contribution in [0.4, 0.5) is 0 Å². The SMILES string of the molecule is CCOc1ccc(-c2nnc(/C=C/c3nnc(-c4cc[nH]c(=O)c4)o3)n2-c2ccccc2Cl)nc1. The predicted molar refractivity (Wildman–Crippen MR) is 130 cm³/mol. The van der Waals surface area contributed by atoms with E-state index >= 15 is 0 Å². The van der Waals surface area contributed by atoms with Gasteiger partial charge in [0.25, 0.3) is 0 Å². The van der Waals surface area contributed by atoms with Gasteiger partial charge in [-0.3, -0.25) is 9.36 Å². The average molecular weight is 488 g/mol. The molecule has 5 aromatic rings. The molecule has 1 aromatic carbocycles. The van der Waals surface area contributed by atoms with E-state index in [0.29, 0.717) is 46.0 Å². The summed E-state index contributed by atoms with van der Waals surface area (Å²) in [7, 11) is 0. The Bertz CT molecular complexity index is 1550. The predicted octanol–water partition coefficient (Wildman–Crippen LogP) is 4.29. The number of hydrogen-bond donors (Lipinski definition) is 1. The summed E-state index contributed by atoms with van der Waals surface area (Å²) >= 11 is 6.50. The number of nitrogens with zero attached hydrogens (tertiary/aromatic N) is 6. The van der Waals surface area contributed by atoms with Crippen molar-refractivity contribution < 1.29 is 9.15 Å². The van der Waals surface area contributed by atoms with Crippen molar-refractivity contribution in [2.45, 2.75) is 6.92 Å². The number of H-pyrrole nitrogens is 1. The molecule has 0 aliphatic rings. The zero-order valence-electron chi connectivity index (χ0n) is 18.4. The molecule has 0 unspecified atom stereocenters. The molecule has 0 aliphatic heterocycles. The number of pyridine rings is 2. The number of halogens is 1. The first-order valence-corrected chi connectivity index (χ1v) is 11.0. The summed E-state index contributed by atoms with van der Waals surface area (Å²) in [5, 5.41) is 17.2. The van der Waals surface area contributed by atoms with Crippen LogP contribution in [-0.2, 0) is 0 Å². The molecule has 0 spiro atoms. The van der Waals surface area contributed by atoms with Gasteiger partial charge in [-0.25, -0.2) is 4.98 Å². The normalized spacial score (nSPS) is 11.3. The van der Waals surface area contributed by atoms with E-state index < -0.39 is 0 Å². The summed E-state index contributed by atoms with van der Waals surface area (Å²) in [6.45, 7) is 2.45. The Morgan fingerprint density at radius 2 is 1.97 bits per heavy atom. The molecule has 0 saturated carbocycles. The second kappa shape index (κ2) is 9.74. The summed E-state index contributed by atoms with van der Waals surface area (Å²) in [6.07, 6.45) is 6.44. The third-order valence-electron chi connectivity index (χ3n) is 4.90. The molecule has 0 amide bonds. The molecule has 11 heteroatoms. The van der Waals surface area contributed by atoms with E-state index in [9.17, 15) is 4.79 Å². The lowest BCUT2D eigenvalue weighted by Gasteiger charge is -2.10. The number of rotatable bonds is 7. The van der Waals surface area contributed by atoms with Crippen LogP contribution in [0.5, 0.6) is 5.75 Å². The van der Waals surface area contributed by atoms with Crippen molar-refractivity contribution >= 4 is 23.8 Å². The van der Waals surface area contributed by atoms with Gasteiger partial charge < -0.3 is 14.1 Å². The maximum Gasteiger partial charge on any atom is 0.248 e. The van der Waals surface area contributed by atoms with Crippen LogP contribution in [0.25, 0.3) is 40.8 Å². The number of nitrogens with one attached hydrogen (secondary N) is 1. The smallest absolute Gasteiger partial charge is 0.248 e. The fraction of sp³-hybridized carbons (Fsp3) is 0.0833. The molecule has 1 N–H and O–H groups in total. The van der Waals surface area contributed by atoms with Gasteiger partial charge in [-0.05, 0) is 43.3 Å². The molecule has 0 saturated heterocycles. The molecule has 0 atom stereocenters. The minimum Gasteiger partial charge on any atom is -0.492 e. The molecule has 35 heavy (non-hydrogen) atoms. The van der Waals surface area contributed by atoms with E-state index in [1.165, 1.54) is 12.3 Å². The molecule has 10 nitrogen and oxygen atoms in total. The molecule has 0 radical (unpaired) electrons. The molecule has 174 valence electrons. The summed E-state index contributed by atoms with van der Waals surface area (Å²) in [6, 6.07) is 14.0. The highest BCUT2D eigenvalue weighted by atomic mass is 35.5. The molecule has 4 aromatic heterocycles. The van der Waals surface area contributed by atoms with Gasteiger partial charge in [-0.1, -0.05) is 23.7 Å². The lowest BCUT2D eigenvalue weighted by atomic mass is 10.2. The lowest BCUT2D eigenvalue weighted by Crippen LogP contribution is -2.02. The van der Waals surface area contributed by atoms with Crippen LogP contribution in [0.2, 0.25) is 5.02 Å². The largest absolute Gasteiger partial charge is 0.492 e. The first kappa shape index (κ1) is 22.2. The van der Waals surface area contributed by atoms with Crippen molar-refractivity contribution in [3.05, 3.63) is 88.0 Å². The van der Waals surface area contributed by atoms with Crippen molar-refractivity contribution in [3.8, 4) is 34.4 Å². The van der Waals surface area contributed by atoms with Crippen LogP contribution >= 0.6 is 11.6 Å². The maximum atomic E-state index is 11.6. The summed E-state index contributed by atoms with van der Waals surface area (Å²) in [5.41, 5.74) is 1.53. The molecule has 5 rings (SSSR count). The van der Waals surface area contributed by atoms with Gasteiger partial charge in [0.05, 0.1) is 23.5 Å². The number of benzene rings is 1. The Labute approximate surface area is 203 Å². The number of ether oxygens (including phenoxy) is 1. The van der Waals surface area contributed by atoms with E-state index in [1.54, 1.807) is 35.0 Å². The Morgan fingerprint density at radius 1 is 1.09 bits per heavy atom. The van der Waals surface area contributed by atoms with E-state index in [0.717, 1.165) is 0 Å². The topological polar surface area (TPSA) is 125 Å². The van der Waals surface area contributed by atoms with Crippen molar-refractivity contribution in [3.63, 3.8) is 0 Å². The van der Waals surface area contributed by atoms with Crippen LogP contribution in [0.1, 0.15) is 18.6 Å². The van der Waals surface area contributed by atoms with E-state index in [4.69, 9.17) is 20.8 Å². The molecular weight excluding hydrogens is 470 g/mol. The van der Waals surface area contributed by atoms with Gasteiger partial charge >= 0.3 is 0 Å². The van der Waals surface area contributed by atoms with Gasteiger partial charge in [-0.15, -0.1) is 20.4 Å². The van der Waals surface area contributed by atoms with E-state index in [2.05, 4.69) is 30.4 Å². The molecule has 0 aliphatic carbocycles. The number of hydrogen-bond acceptors (Lipinski definition) is 8. The first-order valence-electron chi connectivity index (χ1n) is 10.6. The lowest BCUT2D eigenvalue weighted by molar-refractivity contribution is 0.339. The summed E-state index contributed by atoms with van der Waals surface area (Å²) < 4.78 is 12.9. The second-order valence-corrected chi connectivity index (χ2v) is 7.61. The standard InChI is InChI=1S/C24H18ClN7O3/c1-2-34-16-7-8-18(27-14-16)23-30-28-20(32(23)19-6-4-3-5-17(19)25)9-10-22-29-31-24(35-22)15-11-12-26-21(33)13-15/h3-14H,2H2,1H3,(H,26,33)/b10-9+. The third kappa shape index (κ3) is 4.73. The quantitative estimate of drug-likeness (QED) is 0.360. The van der Waals surface area contributed by atoms with Crippen LogP contribution in [0, 0.1) is 0 Å². The monoisotopic (exact) mass is 487 g/mol. The maximum absolute atomic E-state index is 11.6. The van der Waals surface area contributed by atoms with Gasteiger partial charge in [-0.2, -0.15) is 0 Å². The fourth-order valence-electron chi connectivity index (χ4n) is 3.35. The number of aromatic amines is 1. The van der Waals surface area contributed by atoms with Gasteiger partial charge in [0.2, 0.25) is 17.3 Å². The highest BCUT2D eigenvalue weighted by molar-refractivity contribution is 6.32. The number of para-hydroxylation sites is 1. The van der Waals surface area contributed by atoms with E-state index in [-0.39, 0.29) is 17.3 Å². The van der Waals surface area contributed by atoms with Crippen molar-refractivity contribution in [2.24, 2.45) is 0 Å². The van der Waals surface area contributed by atoms with Gasteiger partial charge in [0.15, 0.2) is 11.6 Å². The van der Waals surface area contributed by atoms with Gasteiger partial charge in [0, 0.05) is 23.9 Å². The highest BCUT2D eigenvalue weighted by Crippen LogP contribution is 2.28. The van der Waals surface area contributed by atoms with Crippen LogP contribution in [0.15, 0.2) is 70.1 Å². The summed E-state index contributed by atoms with van der Waals surface area (Å²) in [4.78, 5) is 18.6. The van der Waals surface area contributed by atoms with Crippen molar-refractivity contribution in [1.82, 2.24) is 34.9 Å². The number of aromatic nitrogens is 7. The van der Waals surface area contributed by atoms with Crippen molar-refractivity contribution in [1.29, 1.82) is 0 Å². The fourth-order valence-corrected chi connectivity index (χ4v) is 3.57. The zero-order chi connectivity index (χ0) is 24.2. The Balaban J connectivity index is 1.53. The summed E-state index contributed by atoms with van der Waals surface area (Å²) in [5.74, 6) is 2.08. The van der Waals surface area contributed by atoms with Gasteiger partial charge in [0.1, 0.15) is 11.4 Å².